The molecule has 6 aromatic rings. The number of anilines is 3. The van der Waals surface area contributed by atoms with Gasteiger partial charge >= 0.3 is 66.0 Å². The molecule has 492 valence electrons. The summed E-state index contributed by atoms with van der Waals surface area (Å²) in [6.45, 7) is 0. The molecular weight excluding hydrogens is 1400 g/mol. The number of nitrogens with zero attached hydrogens (tertiary/aromatic N) is 5. The van der Waals surface area contributed by atoms with Crippen LogP contribution in [0.1, 0.15) is 89.6 Å². The molecule has 30 nitrogen and oxygen atoms in total. The maximum Gasteiger partial charge on any atom is 0.417 e. The second-order valence-electron chi connectivity index (χ2n) is 15.2. The third kappa shape index (κ3) is 27.2. The first-order valence-corrected chi connectivity index (χ1v) is 24.7. The Morgan fingerprint density at radius 2 is 0.911 bits per heavy atom. The van der Waals surface area contributed by atoms with Gasteiger partial charge in [-0.15, -0.1) is 0 Å². The van der Waals surface area contributed by atoms with E-state index in [0.717, 1.165) is 48.2 Å². The van der Waals surface area contributed by atoms with E-state index >= 15 is 0 Å². The van der Waals surface area contributed by atoms with Gasteiger partial charge in [-0.3, -0.25) is 29.6 Å². The molecule has 6 heterocycles. The molecule has 0 spiro atoms. The third-order valence-electron chi connectivity index (χ3n) is 9.40. The molecule has 0 aromatic carbocycles. The van der Waals surface area contributed by atoms with Gasteiger partial charge in [-0.1, -0.05) is 0 Å². The molecule has 6 aromatic heterocycles. The van der Waals surface area contributed by atoms with Crippen LogP contribution in [0.4, 0.5) is 71.4 Å². The highest BCUT2D eigenvalue weighted by Gasteiger charge is 2.36. The van der Waals surface area contributed by atoms with E-state index in [1.54, 1.807) is 0 Å². The topological polar surface area (TPSA) is 437 Å². The van der Waals surface area contributed by atoms with Crippen molar-refractivity contribution >= 4 is 121 Å². The van der Waals surface area contributed by atoms with Gasteiger partial charge in [0, 0.05) is 63.3 Å². The minimum atomic E-state index is -4.70. The number of ether oxygens (including phenoxy) is 8. The third-order valence-corrected chi connectivity index (χ3v) is 10.8. The van der Waals surface area contributed by atoms with E-state index in [4.69, 9.17) is 23.2 Å². The predicted octanol–water partition coefficient (Wildman–Crippen LogP) is 8.02. The van der Waals surface area contributed by atoms with Crippen molar-refractivity contribution in [1.82, 2.24) is 29.3 Å². The Labute approximate surface area is 521 Å². The van der Waals surface area contributed by atoms with E-state index in [9.17, 15) is 87.5 Å². The van der Waals surface area contributed by atoms with E-state index in [1.807, 2.05) is 10.6 Å². The van der Waals surface area contributed by atoms with Gasteiger partial charge in [0.05, 0.1) is 90.3 Å². The van der Waals surface area contributed by atoms with E-state index in [0.29, 0.717) is 17.7 Å². The van der Waals surface area contributed by atoms with Crippen LogP contribution in [0.3, 0.4) is 0 Å². The first-order valence-electron chi connectivity index (χ1n) is 22.8. The molecule has 11 N–H and O–H groups in total. The summed E-state index contributed by atoms with van der Waals surface area (Å²) in [6, 6.07) is 6.00. The predicted molar refractivity (Wildman–Crippen MR) is 298 cm³/mol. The summed E-state index contributed by atoms with van der Waals surface area (Å²) in [6.07, 6.45) is -8.77. The van der Waals surface area contributed by atoms with Crippen LogP contribution in [0, 0.1) is 0 Å². The number of carbonyl (C=O) groups excluding carboxylic acids is 10. The number of esters is 5. The van der Waals surface area contributed by atoms with E-state index < -0.39 is 94.2 Å². The molecule has 0 aliphatic carbocycles. The molecule has 0 aliphatic rings. The summed E-state index contributed by atoms with van der Waals surface area (Å²) in [5.41, 5.74) is 6.85. The van der Waals surface area contributed by atoms with Crippen LogP contribution < -0.4 is 33.8 Å². The number of nitrogen functional groups attached to an aromatic ring is 3. The molecule has 0 atom stereocenters. The van der Waals surface area contributed by atoms with Gasteiger partial charge in [-0.2, -0.15) is 39.5 Å². The monoisotopic (exact) mass is 1440 g/mol. The van der Waals surface area contributed by atoms with Gasteiger partial charge in [0.15, 0.2) is 6.29 Å². The molecule has 0 saturated carbocycles. The maximum absolute atomic E-state index is 12.5. The lowest BCUT2D eigenvalue weighted by Gasteiger charge is -2.10. The molecule has 3 amide bonds. The minimum Gasteiger partial charge on any atom is -0.465 e. The van der Waals surface area contributed by atoms with Gasteiger partial charge in [-0.25, -0.2) is 53.3 Å². The van der Waals surface area contributed by atoms with Gasteiger partial charge in [-0.05, 0) is 68.3 Å². The van der Waals surface area contributed by atoms with Crippen LogP contribution in [-0.4, -0.2) is 146 Å². The van der Waals surface area contributed by atoms with E-state index in [1.165, 1.54) is 79.4 Å². The lowest BCUT2D eigenvalue weighted by atomic mass is 10.1. The van der Waals surface area contributed by atoms with Gasteiger partial charge in [0.2, 0.25) is 0 Å². The molecule has 0 aliphatic heterocycles. The molecule has 0 unspecified atom stereocenters. The average Bonchev–Trinajstić information content (AvgIpc) is 2.40. The van der Waals surface area contributed by atoms with Crippen LogP contribution >= 0.6 is 43.5 Å². The lowest BCUT2D eigenvalue weighted by molar-refractivity contribution is -0.139. The number of pyridine rings is 3. The number of nitrogens with two attached hydrogens (primary N) is 4. The fourth-order valence-corrected chi connectivity index (χ4v) is 6.21. The average molecular weight is 1450 g/mol. The van der Waals surface area contributed by atoms with Crippen molar-refractivity contribution in [3.8, 4) is 0 Å². The molecule has 0 radical (unpaired) electrons. The quantitative estimate of drug-likeness (QED) is 0.0180. The van der Waals surface area contributed by atoms with Crippen molar-refractivity contribution in [2.75, 3.05) is 84.9 Å². The zero-order valence-electron chi connectivity index (χ0n) is 46.9. The number of primary amides is 1. The summed E-state index contributed by atoms with van der Waals surface area (Å²) in [7, 11) is 9.61. The zero-order chi connectivity index (χ0) is 69.6. The highest BCUT2D eigenvalue weighted by molar-refractivity contribution is 9.10. The highest BCUT2D eigenvalue weighted by atomic mass is 79.9. The standard InChI is InChI=1S/C9H7F3N2O3.C8H6BrF3N2O2.C8H10N2O4.C8H9NO4.C7H9N3O3.C6H4BrF3N2.C2H3ClO2/c1-17-8(16)14-7-2-6(9(10,11)12)5(4-15)3-13-7;1-16-7(15)14-6-2-4(8(10,11)12)5(9)3-13-6;1-13-7(11)5-3-6(8(12)14-2)10(9)4-5;1-12-7(10)5-3-6(9-4-5)8(11)13-2;1-13-7(12)4-2-5(6(8)11)10(9)3-4;7-4-2-12-5(11)1-3(4)6(8,9)10;1-5-2(3)4/h2-4H,1H3,(H,13,14,16);2-3H,1H3,(H,13,14,15);3-4H,9H2,1-2H3;3-4,9H,1-2H3;2-3H,9H2,1H3,(H2,8,11);1-2H,(H2,11,12);1H3. The van der Waals surface area contributed by atoms with Crippen molar-refractivity contribution in [3.63, 3.8) is 0 Å². The number of hydrogen-bond acceptors (Lipinski definition) is 24. The van der Waals surface area contributed by atoms with Gasteiger partial charge in [0.1, 0.15) is 34.5 Å². The fourth-order valence-electron chi connectivity index (χ4n) is 5.32. The van der Waals surface area contributed by atoms with Crippen LogP contribution in [0.25, 0.3) is 0 Å². The summed E-state index contributed by atoms with van der Waals surface area (Å²) >= 11 is 10.1. The van der Waals surface area contributed by atoms with Crippen LogP contribution in [-0.2, 0) is 56.4 Å². The number of aromatic nitrogens is 6. The van der Waals surface area contributed by atoms with Gasteiger partial charge in [0.25, 0.3) is 5.91 Å². The molecule has 42 heteroatoms. The fraction of sp³-hybridized carbons (Fsp3) is 0.229. The Kier molecular flexibility index (Phi) is 33.2. The number of methoxy groups -OCH3 is 8. The summed E-state index contributed by atoms with van der Waals surface area (Å²) in [4.78, 5) is 120. The summed E-state index contributed by atoms with van der Waals surface area (Å²) in [5.74, 6) is 6.59. The molecule has 0 fully saturated rings. The van der Waals surface area contributed by atoms with E-state index in [-0.39, 0.29) is 60.9 Å². The van der Waals surface area contributed by atoms with Crippen LogP contribution in [0.15, 0.2) is 82.5 Å². The molecule has 0 saturated heterocycles. The van der Waals surface area contributed by atoms with Crippen LogP contribution in [0.5, 0.6) is 0 Å². The Morgan fingerprint density at radius 1 is 0.533 bits per heavy atom. The number of carbonyl (C=O) groups is 10. The van der Waals surface area contributed by atoms with Crippen molar-refractivity contribution < 1.29 is 125 Å². The number of nitrogens with one attached hydrogen (secondary N) is 3. The Hall–Kier alpha value is -10.2. The van der Waals surface area contributed by atoms with Crippen LogP contribution in [0.2, 0.25) is 0 Å². The maximum atomic E-state index is 12.5. The number of amides is 3. The second-order valence-corrected chi connectivity index (χ2v) is 17.3. The molecule has 6 rings (SSSR count). The first kappa shape index (κ1) is 79.8. The first-order chi connectivity index (χ1) is 41.7. The van der Waals surface area contributed by atoms with E-state index in [2.05, 4.69) is 101 Å². The minimum absolute atomic E-state index is 0.0394. The van der Waals surface area contributed by atoms with Crippen molar-refractivity contribution in [3.05, 3.63) is 139 Å². The number of alkyl halides is 9. The Bertz CT molecular complexity index is 3440. The normalized spacial score (nSPS) is 10.2. The van der Waals surface area contributed by atoms with Crippen molar-refractivity contribution in [1.29, 1.82) is 0 Å². The second kappa shape index (κ2) is 37.5. The number of aromatic amines is 1. The summed E-state index contributed by atoms with van der Waals surface area (Å²) < 4.78 is 147. The SMILES string of the molecule is COC(=O)Cl.COC(=O)Nc1cc(C(F)(F)F)c(Br)cn1.COC(=O)Nc1cc(C(F)(F)F)c(C=O)cn1.COC(=O)c1c[nH]c(C(=O)OC)c1.COC(=O)c1cc(C(=O)OC)n(N)c1.COC(=O)c1cc(C(N)=O)n(N)c1.Nc1cc(C(F)(F)F)c(Br)cn1. The van der Waals surface area contributed by atoms with Crippen molar-refractivity contribution in [2.24, 2.45) is 5.73 Å². The number of hydrogen-bond donors (Lipinski definition) is 7. The number of halogens is 12. The molecular formula is C48H48Br2ClF9N12O18. The Balaban J connectivity index is 0.00000104. The molecule has 90 heavy (non-hydrogen) atoms. The zero-order valence-corrected chi connectivity index (χ0v) is 50.9. The Morgan fingerprint density at radius 3 is 1.28 bits per heavy atom. The smallest absolute Gasteiger partial charge is 0.417 e. The highest BCUT2D eigenvalue weighted by Crippen LogP contribution is 2.37. The lowest BCUT2D eigenvalue weighted by Crippen LogP contribution is -2.20. The number of H-pyrrole nitrogens is 1. The number of rotatable bonds is 9. The summed E-state index contributed by atoms with van der Waals surface area (Å²) in [5, 5.41) is 4.01. The number of aldehydes is 1. The molecule has 0 bridgehead atoms. The largest absolute Gasteiger partial charge is 0.465 e. The van der Waals surface area contributed by atoms with Crippen molar-refractivity contribution in [2.45, 2.75) is 18.5 Å². The van der Waals surface area contributed by atoms with Gasteiger partial charge < -0.3 is 66.0 Å².